The topological polar surface area (TPSA) is 108 Å². The lowest BCUT2D eigenvalue weighted by Crippen LogP contribution is -2.13. The van der Waals surface area contributed by atoms with Gasteiger partial charge in [0.2, 0.25) is 11.7 Å². The number of aryl methyl sites for hydroxylation is 1. The van der Waals surface area contributed by atoms with Gasteiger partial charge in [0.05, 0.1) is 42.7 Å². The molecule has 0 aliphatic rings. The number of nitrogens with zero attached hydrogens (tertiary/aromatic N) is 1. The van der Waals surface area contributed by atoms with Gasteiger partial charge in [-0.2, -0.15) is 0 Å². The number of carbonyl (C=O) groups excluding carboxylic acids is 1. The average molecular weight is 505 g/mol. The van der Waals surface area contributed by atoms with E-state index in [0.717, 1.165) is 11.3 Å². The van der Waals surface area contributed by atoms with E-state index in [0.29, 0.717) is 57.3 Å². The Morgan fingerprint density at radius 3 is 2.35 bits per heavy atom. The summed E-state index contributed by atoms with van der Waals surface area (Å²) >= 11 is 12.0. The van der Waals surface area contributed by atoms with Gasteiger partial charge in [0.1, 0.15) is 5.82 Å². The number of carbonyl (C=O) groups is 1. The molecule has 0 unspecified atom stereocenters. The number of anilines is 4. The monoisotopic (exact) mass is 504 g/mol. The number of ether oxygens (including phenoxy) is 3. The summed E-state index contributed by atoms with van der Waals surface area (Å²) in [5.41, 5.74) is 8.38. The first kappa shape index (κ1) is 25.3. The third-order valence-corrected chi connectivity index (χ3v) is 5.76. The first-order valence-electron chi connectivity index (χ1n) is 10.4. The van der Waals surface area contributed by atoms with Gasteiger partial charge in [0.25, 0.3) is 0 Å². The van der Waals surface area contributed by atoms with E-state index in [9.17, 15) is 4.79 Å². The molecule has 0 saturated carbocycles. The van der Waals surface area contributed by atoms with Crippen LogP contribution in [0.1, 0.15) is 18.4 Å². The normalized spacial score (nSPS) is 10.5. The van der Waals surface area contributed by atoms with Gasteiger partial charge in [0.15, 0.2) is 11.5 Å². The van der Waals surface area contributed by atoms with Crippen LogP contribution < -0.4 is 30.6 Å². The second-order valence-electron chi connectivity index (χ2n) is 7.31. The minimum Gasteiger partial charge on any atom is -0.493 e. The number of nitrogens with two attached hydrogens (primary N) is 1. The van der Waals surface area contributed by atoms with Gasteiger partial charge in [-0.3, -0.25) is 4.79 Å². The zero-order valence-electron chi connectivity index (χ0n) is 19.1. The van der Waals surface area contributed by atoms with Gasteiger partial charge in [-0.25, -0.2) is 4.98 Å². The van der Waals surface area contributed by atoms with Crippen LogP contribution in [-0.4, -0.2) is 32.2 Å². The molecule has 10 heteroatoms. The van der Waals surface area contributed by atoms with Crippen LogP contribution in [0.15, 0.2) is 42.6 Å². The van der Waals surface area contributed by atoms with Crippen molar-refractivity contribution in [1.82, 2.24) is 4.98 Å². The number of methoxy groups -OCH3 is 3. The molecule has 34 heavy (non-hydrogen) atoms. The number of benzene rings is 2. The van der Waals surface area contributed by atoms with E-state index >= 15 is 0 Å². The number of pyridine rings is 1. The molecule has 0 atom stereocenters. The smallest absolute Gasteiger partial charge is 0.224 e. The summed E-state index contributed by atoms with van der Waals surface area (Å²) < 4.78 is 16.2. The number of hydrogen-bond acceptors (Lipinski definition) is 7. The maximum Gasteiger partial charge on any atom is 0.224 e. The van der Waals surface area contributed by atoms with Gasteiger partial charge < -0.3 is 30.6 Å². The van der Waals surface area contributed by atoms with Crippen molar-refractivity contribution in [1.29, 1.82) is 0 Å². The molecule has 4 N–H and O–H groups in total. The molecular formula is C24H26Cl2N4O4. The third kappa shape index (κ3) is 6.15. The summed E-state index contributed by atoms with van der Waals surface area (Å²) in [4.78, 5) is 16.9. The molecule has 2 aromatic carbocycles. The summed E-state index contributed by atoms with van der Waals surface area (Å²) in [6.07, 6.45) is 3.22. The molecular weight excluding hydrogens is 479 g/mol. The van der Waals surface area contributed by atoms with Crippen molar-refractivity contribution in [3.8, 4) is 17.2 Å². The number of aromatic nitrogens is 1. The fourth-order valence-electron chi connectivity index (χ4n) is 3.37. The van der Waals surface area contributed by atoms with Gasteiger partial charge in [-0.1, -0.05) is 29.3 Å². The highest BCUT2D eigenvalue weighted by Crippen LogP contribution is 2.40. The lowest BCUT2D eigenvalue weighted by molar-refractivity contribution is -0.116. The molecule has 3 aromatic rings. The maximum absolute atomic E-state index is 12.4. The minimum absolute atomic E-state index is 0.173. The van der Waals surface area contributed by atoms with Crippen molar-refractivity contribution in [3.05, 3.63) is 58.2 Å². The molecule has 0 aliphatic heterocycles. The van der Waals surface area contributed by atoms with E-state index < -0.39 is 0 Å². The molecule has 1 amide bonds. The summed E-state index contributed by atoms with van der Waals surface area (Å²) in [6, 6.07) is 10.5. The van der Waals surface area contributed by atoms with Crippen molar-refractivity contribution in [3.63, 3.8) is 0 Å². The summed E-state index contributed by atoms with van der Waals surface area (Å²) in [5.74, 6) is 2.06. The highest BCUT2D eigenvalue weighted by atomic mass is 35.5. The lowest BCUT2D eigenvalue weighted by Gasteiger charge is -2.16. The van der Waals surface area contributed by atoms with E-state index in [-0.39, 0.29) is 12.3 Å². The third-order valence-electron chi connectivity index (χ3n) is 5.04. The Hall–Kier alpha value is -3.36. The Bertz CT molecular complexity index is 1150. The summed E-state index contributed by atoms with van der Waals surface area (Å²) in [7, 11) is 4.67. The highest BCUT2D eigenvalue weighted by Gasteiger charge is 2.15. The van der Waals surface area contributed by atoms with E-state index in [1.54, 1.807) is 39.7 Å². The maximum atomic E-state index is 12.4. The van der Waals surface area contributed by atoms with Gasteiger partial charge in [-0.15, -0.1) is 0 Å². The predicted octanol–water partition coefficient (Wildman–Crippen LogP) is 5.70. The Morgan fingerprint density at radius 2 is 1.71 bits per heavy atom. The highest BCUT2D eigenvalue weighted by molar-refractivity contribution is 6.42. The van der Waals surface area contributed by atoms with Crippen molar-refractivity contribution in [2.45, 2.75) is 19.3 Å². The number of hydrogen-bond donors (Lipinski definition) is 3. The molecule has 0 spiro atoms. The van der Waals surface area contributed by atoms with Gasteiger partial charge in [-0.05, 0) is 36.6 Å². The van der Waals surface area contributed by atoms with Crippen molar-refractivity contribution >= 4 is 52.0 Å². The first-order valence-corrected chi connectivity index (χ1v) is 11.2. The molecule has 1 heterocycles. The van der Waals surface area contributed by atoms with Crippen molar-refractivity contribution in [2.24, 2.45) is 0 Å². The zero-order valence-corrected chi connectivity index (χ0v) is 20.6. The van der Waals surface area contributed by atoms with Crippen molar-refractivity contribution in [2.75, 3.05) is 37.7 Å². The van der Waals surface area contributed by atoms with E-state index in [1.165, 1.54) is 12.1 Å². The second-order valence-corrected chi connectivity index (χ2v) is 8.12. The van der Waals surface area contributed by atoms with Crippen LogP contribution in [0, 0.1) is 0 Å². The van der Waals surface area contributed by atoms with E-state index in [2.05, 4.69) is 15.6 Å². The van der Waals surface area contributed by atoms with Crippen LogP contribution in [-0.2, 0) is 11.2 Å². The summed E-state index contributed by atoms with van der Waals surface area (Å²) in [5, 5.41) is 6.73. The Labute approximate surface area is 208 Å². The van der Waals surface area contributed by atoms with Crippen LogP contribution >= 0.6 is 23.2 Å². The van der Waals surface area contributed by atoms with E-state index in [1.807, 2.05) is 12.1 Å². The Kier molecular flexibility index (Phi) is 8.67. The van der Waals surface area contributed by atoms with Crippen LogP contribution in [0.25, 0.3) is 0 Å². The van der Waals surface area contributed by atoms with Crippen LogP contribution in [0.3, 0.4) is 0 Å². The van der Waals surface area contributed by atoms with Gasteiger partial charge in [0, 0.05) is 30.4 Å². The average Bonchev–Trinajstić information content (AvgIpc) is 2.82. The molecule has 180 valence electrons. The quantitative estimate of drug-likeness (QED) is 0.303. The molecule has 3 rings (SSSR count). The molecule has 0 aliphatic carbocycles. The van der Waals surface area contributed by atoms with Crippen LogP contribution in [0.2, 0.25) is 10.0 Å². The Balaban J connectivity index is 1.66. The van der Waals surface area contributed by atoms with Gasteiger partial charge >= 0.3 is 0 Å². The number of nitrogens with one attached hydrogen (secondary N) is 2. The fourth-order valence-corrected chi connectivity index (χ4v) is 3.70. The van der Waals surface area contributed by atoms with Crippen LogP contribution in [0.4, 0.5) is 22.9 Å². The largest absolute Gasteiger partial charge is 0.493 e. The molecule has 0 fully saturated rings. The molecule has 1 aromatic heterocycles. The summed E-state index contributed by atoms with van der Waals surface area (Å²) in [6.45, 7) is 0. The van der Waals surface area contributed by atoms with Crippen molar-refractivity contribution < 1.29 is 19.0 Å². The van der Waals surface area contributed by atoms with Crippen LogP contribution in [0.5, 0.6) is 17.2 Å². The fraction of sp³-hybridized carbons (Fsp3) is 0.250. The Morgan fingerprint density at radius 1 is 1.03 bits per heavy atom. The first-order chi connectivity index (χ1) is 16.4. The number of rotatable bonds is 10. The molecule has 0 bridgehead atoms. The minimum atomic E-state index is -0.173. The standard InChI is InChI=1S/C24H26Cl2N4O4/c1-32-20-10-15(11-21(33-2)23(20)34-3)29-24-14(7-5-9-28-24)6-4-8-22(31)30-19-13-17(26)16(25)12-18(19)27/h5,7,9-13H,4,6,8,27H2,1-3H3,(H,28,29)(H,30,31). The lowest BCUT2D eigenvalue weighted by atomic mass is 10.1. The number of amides is 1. The SMILES string of the molecule is COc1cc(Nc2ncccc2CCCC(=O)Nc2cc(Cl)c(Cl)cc2N)cc(OC)c1OC. The predicted molar refractivity (Wildman–Crippen MR) is 136 cm³/mol. The second kappa shape index (κ2) is 11.7. The van der Waals surface area contributed by atoms with E-state index in [4.69, 9.17) is 43.1 Å². The molecule has 0 radical (unpaired) electrons. The molecule has 0 saturated heterocycles. The zero-order chi connectivity index (χ0) is 24.7. The molecule has 8 nitrogen and oxygen atoms in total. The number of halogens is 2. The number of nitrogen functional groups attached to an aromatic ring is 1.